The summed E-state index contributed by atoms with van der Waals surface area (Å²) in [4.78, 5) is 13.9. The minimum absolute atomic E-state index is 0.0230. The molecule has 0 aliphatic heterocycles. The Hall–Kier alpha value is -2.81. The standard InChI is InChI=1S/C21H23NO2/c1-3-4-16-24-20-13-10-18(11-14-20)12-15-21(23)22(2)17-19-8-6-5-7-9-19/h3,5-15H,1,4,16-17H2,2H3/b15-12+. The maximum absolute atomic E-state index is 12.2. The summed E-state index contributed by atoms with van der Waals surface area (Å²) in [6.07, 6.45) is 6.06. The number of hydrogen-bond donors (Lipinski definition) is 0. The molecule has 0 atom stereocenters. The number of ether oxygens (including phenoxy) is 1. The fraction of sp³-hybridized carbons (Fsp3) is 0.190. The normalized spacial score (nSPS) is 10.5. The zero-order chi connectivity index (χ0) is 17.2. The summed E-state index contributed by atoms with van der Waals surface area (Å²) in [5, 5.41) is 0. The van der Waals surface area contributed by atoms with Crippen LogP contribution in [-0.2, 0) is 11.3 Å². The van der Waals surface area contributed by atoms with Gasteiger partial charge in [0.15, 0.2) is 0 Å². The van der Waals surface area contributed by atoms with Crippen molar-refractivity contribution >= 4 is 12.0 Å². The summed E-state index contributed by atoms with van der Waals surface area (Å²) >= 11 is 0. The molecule has 0 aromatic heterocycles. The first-order valence-electron chi connectivity index (χ1n) is 8.00. The first-order valence-corrected chi connectivity index (χ1v) is 8.00. The van der Waals surface area contributed by atoms with Crippen LogP contribution in [0.2, 0.25) is 0 Å². The SMILES string of the molecule is C=CCCOc1ccc(/C=C/C(=O)N(C)Cc2ccccc2)cc1. The van der Waals surface area contributed by atoms with E-state index in [-0.39, 0.29) is 5.91 Å². The van der Waals surface area contributed by atoms with E-state index < -0.39 is 0 Å². The second kappa shape index (κ2) is 9.36. The minimum atomic E-state index is -0.0230. The van der Waals surface area contributed by atoms with Crippen LogP contribution in [0.5, 0.6) is 5.75 Å². The maximum Gasteiger partial charge on any atom is 0.246 e. The number of likely N-dealkylation sites (N-methyl/N-ethyl adjacent to an activating group) is 1. The average Bonchev–Trinajstić information content (AvgIpc) is 2.62. The molecule has 3 heteroatoms. The van der Waals surface area contributed by atoms with Crippen LogP contribution in [0.4, 0.5) is 0 Å². The van der Waals surface area contributed by atoms with Gasteiger partial charge in [0.1, 0.15) is 5.75 Å². The molecule has 0 bridgehead atoms. The predicted octanol–water partition coefficient (Wildman–Crippen LogP) is 4.31. The number of amides is 1. The van der Waals surface area contributed by atoms with Crippen molar-refractivity contribution in [2.45, 2.75) is 13.0 Å². The second-order valence-corrected chi connectivity index (χ2v) is 5.51. The highest BCUT2D eigenvalue weighted by molar-refractivity contribution is 5.91. The molecule has 2 aromatic carbocycles. The van der Waals surface area contributed by atoms with Crippen molar-refractivity contribution < 1.29 is 9.53 Å². The molecular weight excluding hydrogens is 298 g/mol. The van der Waals surface area contributed by atoms with Crippen molar-refractivity contribution in [2.75, 3.05) is 13.7 Å². The first kappa shape index (κ1) is 17.5. The van der Waals surface area contributed by atoms with Gasteiger partial charge in [-0.2, -0.15) is 0 Å². The van der Waals surface area contributed by atoms with Gasteiger partial charge in [-0.05, 0) is 35.8 Å². The molecule has 2 aromatic rings. The molecule has 0 spiro atoms. The Labute approximate surface area is 143 Å². The van der Waals surface area contributed by atoms with E-state index in [1.807, 2.05) is 66.7 Å². The van der Waals surface area contributed by atoms with Crippen LogP contribution < -0.4 is 4.74 Å². The molecule has 0 fully saturated rings. The van der Waals surface area contributed by atoms with Gasteiger partial charge in [0.05, 0.1) is 6.61 Å². The van der Waals surface area contributed by atoms with E-state index in [1.54, 1.807) is 18.0 Å². The summed E-state index contributed by atoms with van der Waals surface area (Å²) in [7, 11) is 1.80. The molecule has 0 unspecified atom stereocenters. The highest BCUT2D eigenvalue weighted by atomic mass is 16.5. The van der Waals surface area contributed by atoms with Gasteiger partial charge >= 0.3 is 0 Å². The van der Waals surface area contributed by atoms with E-state index in [4.69, 9.17) is 4.74 Å². The lowest BCUT2D eigenvalue weighted by Gasteiger charge is -2.15. The molecule has 0 radical (unpaired) electrons. The predicted molar refractivity (Wildman–Crippen MR) is 98.7 cm³/mol. The van der Waals surface area contributed by atoms with Crippen LogP contribution in [0.1, 0.15) is 17.5 Å². The van der Waals surface area contributed by atoms with Crippen LogP contribution >= 0.6 is 0 Å². The molecule has 0 heterocycles. The lowest BCUT2D eigenvalue weighted by atomic mass is 10.2. The molecule has 124 valence electrons. The number of carbonyl (C=O) groups excluding carboxylic acids is 1. The van der Waals surface area contributed by atoms with Gasteiger partial charge in [0.2, 0.25) is 5.91 Å². The summed E-state index contributed by atoms with van der Waals surface area (Å²) in [5.41, 5.74) is 2.08. The molecule has 2 rings (SSSR count). The monoisotopic (exact) mass is 321 g/mol. The molecule has 0 saturated heterocycles. The molecule has 0 aliphatic rings. The van der Waals surface area contributed by atoms with Gasteiger partial charge < -0.3 is 9.64 Å². The number of hydrogen-bond acceptors (Lipinski definition) is 2. The molecule has 0 N–H and O–H groups in total. The van der Waals surface area contributed by atoms with Crippen molar-refractivity contribution in [1.29, 1.82) is 0 Å². The van der Waals surface area contributed by atoms with Crippen molar-refractivity contribution in [3.8, 4) is 5.75 Å². The van der Waals surface area contributed by atoms with Crippen molar-refractivity contribution in [3.63, 3.8) is 0 Å². The number of nitrogens with zero attached hydrogens (tertiary/aromatic N) is 1. The Bertz CT molecular complexity index is 675. The van der Waals surface area contributed by atoms with Crippen LogP contribution in [0.15, 0.2) is 73.3 Å². The van der Waals surface area contributed by atoms with E-state index in [0.29, 0.717) is 13.2 Å². The maximum atomic E-state index is 12.2. The van der Waals surface area contributed by atoms with Crippen LogP contribution in [0, 0.1) is 0 Å². The van der Waals surface area contributed by atoms with E-state index in [2.05, 4.69) is 6.58 Å². The third kappa shape index (κ3) is 5.76. The van der Waals surface area contributed by atoms with E-state index >= 15 is 0 Å². The Morgan fingerprint density at radius 1 is 1.12 bits per heavy atom. The van der Waals surface area contributed by atoms with Crippen molar-refractivity contribution in [1.82, 2.24) is 4.90 Å². The Morgan fingerprint density at radius 2 is 1.83 bits per heavy atom. The highest BCUT2D eigenvalue weighted by Crippen LogP contribution is 2.14. The fourth-order valence-electron chi connectivity index (χ4n) is 2.17. The van der Waals surface area contributed by atoms with Gasteiger partial charge in [-0.3, -0.25) is 4.79 Å². The van der Waals surface area contributed by atoms with E-state index in [0.717, 1.165) is 23.3 Å². The van der Waals surface area contributed by atoms with Gasteiger partial charge in [0, 0.05) is 19.7 Å². The topological polar surface area (TPSA) is 29.5 Å². The van der Waals surface area contributed by atoms with Crippen LogP contribution in [0.3, 0.4) is 0 Å². The molecule has 1 amide bonds. The zero-order valence-corrected chi connectivity index (χ0v) is 14.0. The summed E-state index contributed by atoms with van der Waals surface area (Å²) in [6.45, 7) is 4.89. The van der Waals surface area contributed by atoms with Gasteiger partial charge in [-0.25, -0.2) is 0 Å². The molecule has 0 saturated carbocycles. The minimum Gasteiger partial charge on any atom is -0.493 e. The lowest BCUT2D eigenvalue weighted by molar-refractivity contribution is -0.125. The third-order valence-corrected chi connectivity index (χ3v) is 3.53. The van der Waals surface area contributed by atoms with E-state index in [9.17, 15) is 4.79 Å². The van der Waals surface area contributed by atoms with Crippen molar-refractivity contribution in [3.05, 3.63) is 84.5 Å². The number of benzene rings is 2. The summed E-state index contributed by atoms with van der Waals surface area (Å²) in [6, 6.07) is 17.6. The van der Waals surface area contributed by atoms with E-state index in [1.165, 1.54) is 0 Å². The highest BCUT2D eigenvalue weighted by Gasteiger charge is 2.05. The fourth-order valence-corrected chi connectivity index (χ4v) is 2.17. The average molecular weight is 321 g/mol. The first-order chi connectivity index (χ1) is 11.7. The number of carbonyl (C=O) groups is 1. The summed E-state index contributed by atoms with van der Waals surface area (Å²) < 4.78 is 5.56. The third-order valence-electron chi connectivity index (χ3n) is 3.53. The Kier molecular flexibility index (Phi) is 6.84. The lowest BCUT2D eigenvalue weighted by Crippen LogP contribution is -2.23. The second-order valence-electron chi connectivity index (χ2n) is 5.51. The van der Waals surface area contributed by atoms with Crippen LogP contribution in [-0.4, -0.2) is 24.5 Å². The summed E-state index contributed by atoms with van der Waals surface area (Å²) in [5.74, 6) is 0.798. The van der Waals surface area contributed by atoms with Crippen LogP contribution in [0.25, 0.3) is 6.08 Å². The largest absolute Gasteiger partial charge is 0.493 e. The van der Waals surface area contributed by atoms with Crippen molar-refractivity contribution in [2.24, 2.45) is 0 Å². The Balaban J connectivity index is 1.87. The Morgan fingerprint density at radius 3 is 2.50 bits per heavy atom. The van der Waals surface area contributed by atoms with Gasteiger partial charge in [-0.1, -0.05) is 48.5 Å². The molecule has 0 aliphatic carbocycles. The van der Waals surface area contributed by atoms with Gasteiger partial charge in [0.25, 0.3) is 0 Å². The molecule has 24 heavy (non-hydrogen) atoms. The zero-order valence-electron chi connectivity index (χ0n) is 14.0. The number of rotatable bonds is 8. The molecule has 3 nitrogen and oxygen atoms in total. The quantitative estimate of drug-likeness (QED) is 0.412. The molecular formula is C21H23NO2. The smallest absolute Gasteiger partial charge is 0.246 e. The van der Waals surface area contributed by atoms with Gasteiger partial charge in [-0.15, -0.1) is 6.58 Å².